The standard InChI is InChI=1S/C15H16N2O5/c18-14-10-4-17(5-11(16-14)7-20-6-10)15(19)9-1-2-12-13(3-9)22-8-21-12/h1-3,10-11H,4-8H2,(H,16,18)/t10-,11+/m1/s1. The third kappa shape index (κ3) is 2.27. The Kier molecular flexibility index (Phi) is 3.15. The first-order valence-electron chi connectivity index (χ1n) is 7.28. The summed E-state index contributed by atoms with van der Waals surface area (Å²) >= 11 is 0. The number of hydrogen-bond acceptors (Lipinski definition) is 5. The number of nitrogens with one attached hydrogen (secondary N) is 1. The lowest BCUT2D eigenvalue weighted by atomic mass is 10.1. The van der Waals surface area contributed by atoms with Crippen LogP contribution in [0.15, 0.2) is 18.2 Å². The van der Waals surface area contributed by atoms with Crippen molar-refractivity contribution >= 4 is 11.8 Å². The Hall–Kier alpha value is -2.28. The van der Waals surface area contributed by atoms with Gasteiger partial charge in [-0.2, -0.15) is 0 Å². The molecule has 2 bridgehead atoms. The number of benzene rings is 1. The van der Waals surface area contributed by atoms with E-state index >= 15 is 0 Å². The molecule has 2 atom stereocenters. The largest absolute Gasteiger partial charge is 0.454 e. The van der Waals surface area contributed by atoms with Crippen LogP contribution in [0.5, 0.6) is 11.5 Å². The third-order valence-electron chi connectivity index (χ3n) is 4.14. The van der Waals surface area contributed by atoms with Crippen molar-refractivity contribution < 1.29 is 23.8 Å². The predicted molar refractivity (Wildman–Crippen MR) is 74.7 cm³/mol. The van der Waals surface area contributed by atoms with E-state index in [1.165, 1.54) is 0 Å². The van der Waals surface area contributed by atoms with E-state index in [-0.39, 0.29) is 30.6 Å². The van der Waals surface area contributed by atoms with Crippen LogP contribution in [0.3, 0.4) is 0 Å². The maximum Gasteiger partial charge on any atom is 0.254 e. The highest BCUT2D eigenvalue weighted by Gasteiger charge is 2.35. The molecule has 0 unspecified atom stereocenters. The van der Waals surface area contributed by atoms with Crippen molar-refractivity contribution in [2.24, 2.45) is 5.92 Å². The van der Waals surface area contributed by atoms with Crippen LogP contribution < -0.4 is 14.8 Å². The molecule has 1 N–H and O–H groups in total. The van der Waals surface area contributed by atoms with Crippen molar-refractivity contribution in [2.75, 3.05) is 33.1 Å². The molecule has 1 aromatic carbocycles. The monoisotopic (exact) mass is 304 g/mol. The van der Waals surface area contributed by atoms with E-state index in [1.807, 2.05) is 0 Å². The van der Waals surface area contributed by atoms with Gasteiger partial charge < -0.3 is 24.4 Å². The van der Waals surface area contributed by atoms with Crippen LogP contribution in [0.25, 0.3) is 0 Å². The Morgan fingerprint density at radius 3 is 2.95 bits per heavy atom. The van der Waals surface area contributed by atoms with Crippen LogP contribution in [-0.4, -0.2) is 55.9 Å². The van der Waals surface area contributed by atoms with Crippen molar-refractivity contribution in [2.45, 2.75) is 6.04 Å². The number of carbonyl (C=O) groups is 2. The molecule has 3 aliphatic heterocycles. The van der Waals surface area contributed by atoms with Gasteiger partial charge in [0.25, 0.3) is 5.91 Å². The molecule has 4 rings (SSSR count). The number of carbonyl (C=O) groups excluding carboxylic acids is 2. The quantitative estimate of drug-likeness (QED) is 0.790. The van der Waals surface area contributed by atoms with E-state index in [9.17, 15) is 9.59 Å². The Balaban J connectivity index is 1.58. The zero-order valence-corrected chi connectivity index (χ0v) is 11.9. The van der Waals surface area contributed by atoms with E-state index in [2.05, 4.69) is 5.32 Å². The smallest absolute Gasteiger partial charge is 0.254 e. The molecule has 0 radical (unpaired) electrons. The highest BCUT2D eigenvalue weighted by Crippen LogP contribution is 2.33. The maximum absolute atomic E-state index is 12.7. The minimum atomic E-state index is -0.314. The minimum Gasteiger partial charge on any atom is -0.454 e. The van der Waals surface area contributed by atoms with Gasteiger partial charge in [0.15, 0.2) is 11.5 Å². The Morgan fingerprint density at radius 2 is 2.05 bits per heavy atom. The van der Waals surface area contributed by atoms with Gasteiger partial charge in [0, 0.05) is 18.7 Å². The average molecular weight is 304 g/mol. The van der Waals surface area contributed by atoms with Gasteiger partial charge in [0.1, 0.15) is 0 Å². The van der Waals surface area contributed by atoms with E-state index in [1.54, 1.807) is 23.1 Å². The molecule has 2 fully saturated rings. The molecule has 7 nitrogen and oxygen atoms in total. The normalized spacial score (nSPS) is 26.4. The molecule has 3 aliphatic rings. The van der Waals surface area contributed by atoms with E-state index in [4.69, 9.17) is 14.2 Å². The predicted octanol–water partition coefficient (Wildman–Crippen LogP) is 0.00230. The summed E-state index contributed by atoms with van der Waals surface area (Å²) in [4.78, 5) is 26.4. The van der Waals surface area contributed by atoms with Gasteiger partial charge in [-0.05, 0) is 18.2 Å². The SMILES string of the molecule is O=C1N[C@@H]2COC[C@H]1CN(C(=O)c1ccc3c(c1)OCO3)C2. The molecule has 7 heteroatoms. The molecule has 116 valence electrons. The highest BCUT2D eigenvalue weighted by molar-refractivity contribution is 5.95. The highest BCUT2D eigenvalue weighted by atomic mass is 16.7. The number of hydrogen-bond donors (Lipinski definition) is 1. The van der Waals surface area contributed by atoms with Crippen LogP contribution in [0.2, 0.25) is 0 Å². The summed E-state index contributed by atoms with van der Waals surface area (Å²) in [5.74, 6) is 0.772. The lowest BCUT2D eigenvalue weighted by Crippen LogP contribution is -2.44. The summed E-state index contributed by atoms with van der Waals surface area (Å²) in [7, 11) is 0. The third-order valence-corrected chi connectivity index (χ3v) is 4.14. The van der Waals surface area contributed by atoms with E-state index in [0.29, 0.717) is 43.4 Å². The molecule has 22 heavy (non-hydrogen) atoms. The lowest BCUT2D eigenvalue weighted by Gasteiger charge is -2.27. The van der Waals surface area contributed by atoms with Crippen molar-refractivity contribution in [1.82, 2.24) is 10.2 Å². The first-order valence-corrected chi connectivity index (χ1v) is 7.28. The molecule has 3 heterocycles. The molecule has 2 amide bonds. The van der Waals surface area contributed by atoms with Gasteiger partial charge in [-0.1, -0.05) is 0 Å². The summed E-state index contributed by atoms with van der Waals surface area (Å²) < 4.78 is 16.0. The second-order valence-electron chi connectivity index (χ2n) is 5.72. The summed E-state index contributed by atoms with van der Waals surface area (Å²) in [5.41, 5.74) is 0.539. The van der Waals surface area contributed by atoms with E-state index < -0.39 is 0 Å². The molecule has 0 aromatic heterocycles. The van der Waals surface area contributed by atoms with Gasteiger partial charge in [-0.25, -0.2) is 0 Å². The summed E-state index contributed by atoms with van der Waals surface area (Å²) in [6.45, 7) is 1.79. The minimum absolute atomic E-state index is 0.0384. The number of ether oxygens (including phenoxy) is 3. The van der Waals surface area contributed by atoms with Crippen LogP contribution in [0.4, 0.5) is 0 Å². The van der Waals surface area contributed by atoms with Crippen LogP contribution in [0.1, 0.15) is 10.4 Å². The van der Waals surface area contributed by atoms with E-state index in [0.717, 1.165) is 0 Å². The van der Waals surface area contributed by atoms with Crippen LogP contribution >= 0.6 is 0 Å². The molecule has 2 saturated heterocycles. The van der Waals surface area contributed by atoms with Crippen molar-refractivity contribution in [1.29, 1.82) is 0 Å². The fourth-order valence-corrected chi connectivity index (χ4v) is 3.01. The number of rotatable bonds is 1. The first kappa shape index (κ1) is 13.4. The topological polar surface area (TPSA) is 77.1 Å². The van der Waals surface area contributed by atoms with Gasteiger partial charge in [0.05, 0.1) is 25.2 Å². The molecular formula is C15H16N2O5. The Labute approximate surface area is 127 Å². The zero-order chi connectivity index (χ0) is 15.1. The van der Waals surface area contributed by atoms with Crippen LogP contribution in [-0.2, 0) is 9.53 Å². The van der Waals surface area contributed by atoms with Gasteiger partial charge in [-0.3, -0.25) is 9.59 Å². The zero-order valence-electron chi connectivity index (χ0n) is 11.9. The Morgan fingerprint density at radius 1 is 1.18 bits per heavy atom. The number of amides is 2. The molecule has 0 spiro atoms. The lowest BCUT2D eigenvalue weighted by molar-refractivity contribution is -0.125. The van der Waals surface area contributed by atoms with Crippen LogP contribution in [0, 0.1) is 5.92 Å². The molecule has 0 aliphatic carbocycles. The van der Waals surface area contributed by atoms with Crippen molar-refractivity contribution in [3.63, 3.8) is 0 Å². The summed E-state index contributed by atoms with van der Waals surface area (Å²) in [6.07, 6.45) is 0. The summed E-state index contributed by atoms with van der Waals surface area (Å²) in [6, 6.07) is 5.00. The second kappa shape index (κ2) is 5.17. The second-order valence-corrected chi connectivity index (χ2v) is 5.72. The maximum atomic E-state index is 12.7. The van der Waals surface area contributed by atoms with Gasteiger partial charge in [-0.15, -0.1) is 0 Å². The number of nitrogens with zero attached hydrogens (tertiary/aromatic N) is 1. The molecule has 1 aromatic rings. The van der Waals surface area contributed by atoms with Crippen molar-refractivity contribution in [3.05, 3.63) is 23.8 Å². The van der Waals surface area contributed by atoms with Gasteiger partial charge >= 0.3 is 0 Å². The average Bonchev–Trinajstić information content (AvgIpc) is 2.82. The fraction of sp³-hybridized carbons (Fsp3) is 0.467. The first-order chi connectivity index (χ1) is 10.7. The molecule has 0 saturated carbocycles. The van der Waals surface area contributed by atoms with Crippen molar-refractivity contribution in [3.8, 4) is 11.5 Å². The Bertz CT molecular complexity index is 632. The fourth-order valence-electron chi connectivity index (χ4n) is 3.01. The molecular weight excluding hydrogens is 288 g/mol. The van der Waals surface area contributed by atoms with Gasteiger partial charge in [0.2, 0.25) is 12.7 Å². The number of fused-ring (bicyclic) bond motifs is 4. The summed E-state index contributed by atoms with van der Waals surface area (Å²) in [5, 5.41) is 2.92.